The van der Waals surface area contributed by atoms with Crippen LogP contribution in [0.5, 0.6) is 5.75 Å². The minimum Gasteiger partial charge on any atom is -0.424 e. The van der Waals surface area contributed by atoms with E-state index in [1.165, 1.54) is 6.07 Å². The van der Waals surface area contributed by atoms with Crippen LogP contribution in [0.15, 0.2) is 48.9 Å². The molecule has 1 unspecified atom stereocenters. The van der Waals surface area contributed by atoms with Gasteiger partial charge < -0.3 is 20.4 Å². The maximum Gasteiger partial charge on any atom is 0.419 e. The molecule has 1 aliphatic heterocycles. The fourth-order valence-corrected chi connectivity index (χ4v) is 6.15. The van der Waals surface area contributed by atoms with Crippen molar-refractivity contribution in [1.29, 1.82) is 0 Å². The quantitative estimate of drug-likeness (QED) is 0.0979. The molecule has 5 aromatic rings. The number of nitrogens with zero attached hydrogens (tertiary/aromatic N) is 5. The van der Waals surface area contributed by atoms with Gasteiger partial charge in [0.15, 0.2) is 5.75 Å². The number of carbonyl (C=O) groups excluding carboxylic acids is 1. The number of carbonyl (C=O) groups is 1. The van der Waals surface area contributed by atoms with E-state index in [2.05, 4.69) is 15.0 Å². The van der Waals surface area contributed by atoms with Crippen LogP contribution in [-0.4, -0.2) is 43.8 Å². The first kappa shape index (κ1) is 34.8. The molecule has 0 aliphatic carbocycles. The monoisotopic (exact) mass is 685 g/mol. The van der Waals surface area contributed by atoms with Gasteiger partial charge in [0, 0.05) is 60.7 Å². The van der Waals surface area contributed by atoms with Crippen LogP contribution in [-0.2, 0) is 36.8 Å². The van der Waals surface area contributed by atoms with Gasteiger partial charge in [-0.05, 0) is 43.0 Å². The zero-order valence-corrected chi connectivity index (χ0v) is 27.5. The van der Waals surface area contributed by atoms with E-state index in [0.717, 1.165) is 34.9 Å². The molecule has 9 nitrogen and oxygen atoms in total. The number of aryl methyl sites for hydroxylation is 2. The maximum atomic E-state index is 16.6. The SMILES string of the molecule is CCc1cccc(CC)c1-n1nc2c(c1-c1c(F)cc(OC(=O)C(C)CCN)c3[nH]ccc13)CN(c1ncc(C(F)(F)F)cn1)CC2.Cl. The molecule has 0 fully saturated rings. The predicted octanol–water partition coefficient (Wildman–Crippen LogP) is 6.97. The van der Waals surface area contributed by atoms with Crippen molar-refractivity contribution < 1.29 is 27.1 Å². The van der Waals surface area contributed by atoms with Crippen LogP contribution in [0.25, 0.3) is 27.8 Å². The van der Waals surface area contributed by atoms with Gasteiger partial charge in [-0.15, -0.1) is 12.4 Å². The highest BCUT2D eigenvalue weighted by molar-refractivity contribution is 6.00. The molecule has 4 heterocycles. The Morgan fingerprint density at radius 2 is 1.81 bits per heavy atom. The normalized spacial score (nSPS) is 13.7. The average molecular weight is 686 g/mol. The van der Waals surface area contributed by atoms with E-state index in [-0.39, 0.29) is 36.2 Å². The van der Waals surface area contributed by atoms with Crippen LogP contribution in [0.4, 0.5) is 23.5 Å². The smallest absolute Gasteiger partial charge is 0.419 e. The summed E-state index contributed by atoms with van der Waals surface area (Å²) in [6.07, 6.45) is 0.897. The molecular formula is C34H36ClF4N7O2. The molecule has 48 heavy (non-hydrogen) atoms. The number of hydrogen-bond donors (Lipinski definition) is 2. The van der Waals surface area contributed by atoms with Crippen molar-refractivity contribution in [3.63, 3.8) is 0 Å². The van der Waals surface area contributed by atoms with E-state index < -0.39 is 29.4 Å². The van der Waals surface area contributed by atoms with Crippen LogP contribution in [0.2, 0.25) is 0 Å². The Bertz CT molecular complexity index is 1920. The van der Waals surface area contributed by atoms with E-state index in [1.807, 2.05) is 32.0 Å². The summed E-state index contributed by atoms with van der Waals surface area (Å²) in [5.74, 6) is -1.42. The van der Waals surface area contributed by atoms with Crippen LogP contribution in [0.1, 0.15) is 55.1 Å². The van der Waals surface area contributed by atoms with Crippen LogP contribution >= 0.6 is 12.4 Å². The first-order valence-corrected chi connectivity index (χ1v) is 15.6. The molecule has 0 amide bonds. The summed E-state index contributed by atoms with van der Waals surface area (Å²) in [6, 6.07) is 8.97. The van der Waals surface area contributed by atoms with Gasteiger partial charge in [-0.1, -0.05) is 39.0 Å². The second-order valence-corrected chi connectivity index (χ2v) is 11.7. The lowest BCUT2D eigenvalue weighted by Gasteiger charge is -2.27. The van der Waals surface area contributed by atoms with Crippen molar-refractivity contribution in [2.45, 2.75) is 59.2 Å². The number of esters is 1. The lowest BCUT2D eigenvalue weighted by Crippen LogP contribution is -2.31. The lowest BCUT2D eigenvalue weighted by molar-refractivity contribution is -0.139. The number of aromatic amines is 1. The van der Waals surface area contributed by atoms with E-state index in [1.54, 1.807) is 28.8 Å². The molecule has 254 valence electrons. The predicted molar refractivity (Wildman–Crippen MR) is 177 cm³/mol. The van der Waals surface area contributed by atoms with Crippen molar-refractivity contribution in [3.8, 4) is 22.7 Å². The Kier molecular flexibility index (Phi) is 10.1. The Morgan fingerprint density at radius 3 is 2.44 bits per heavy atom. The number of H-pyrrole nitrogens is 1. The minimum absolute atomic E-state index is 0. The van der Waals surface area contributed by atoms with Crippen molar-refractivity contribution in [3.05, 3.63) is 82.7 Å². The van der Waals surface area contributed by atoms with Gasteiger partial charge in [-0.25, -0.2) is 19.0 Å². The molecule has 1 atom stereocenters. The molecule has 0 spiro atoms. The molecule has 1 aliphatic rings. The third kappa shape index (κ3) is 6.36. The molecule has 3 N–H and O–H groups in total. The molecule has 0 bridgehead atoms. The van der Waals surface area contributed by atoms with Gasteiger partial charge in [0.1, 0.15) is 5.82 Å². The number of aromatic nitrogens is 5. The second kappa shape index (κ2) is 13.9. The molecule has 14 heteroatoms. The van der Waals surface area contributed by atoms with Crippen LogP contribution < -0.4 is 15.4 Å². The van der Waals surface area contributed by atoms with Gasteiger partial charge in [0.25, 0.3) is 0 Å². The third-order valence-corrected chi connectivity index (χ3v) is 8.67. The summed E-state index contributed by atoms with van der Waals surface area (Å²) in [6.45, 7) is 6.70. The van der Waals surface area contributed by atoms with E-state index in [9.17, 15) is 18.0 Å². The van der Waals surface area contributed by atoms with E-state index >= 15 is 4.39 Å². The number of rotatable bonds is 9. The summed E-state index contributed by atoms with van der Waals surface area (Å²) in [5, 5.41) is 5.55. The molecule has 0 saturated heterocycles. The number of fused-ring (bicyclic) bond motifs is 2. The van der Waals surface area contributed by atoms with E-state index in [0.29, 0.717) is 60.9 Å². The van der Waals surface area contributed by atoms with Crippen molar-refractivity contribution in [1.82, 2.24) is 24.7 Å². The highest BCUT2D eigenvalue weighted by Crippen LogP contribution is 2.42. The number of nitrogens with one attached hydrogen (secondary N) is 1. The highest BCUT2D eigenvalue weighted by atomic mass is 35.5. The standard InChI is InChI=1S/C34H35F4N7O2.ClH/c1-4-20-7-6-8-21(5-2)30(20)45-31(24-18-44(14-11-26(24)43-45)33-41-16-22(17-42-33)34(36,37)38)28-23-10-13-40-29(23)27(15-25(28)35)47-32(46)19(3)9-12-39;/h6-8,10,13,15-17,19,40H,4-5,9,11-12,14,18,39H2,1-3H3;1H. The molecule has 2 aromatic carbocycles. The molecule has 3 aromatic heterocycles. The largest absolute Gasteiger partial charge is 0.424 e. The number of halogens is 5. The number of ether oxygens (including phenoxy) is 1. The number of para-hydroxylation sites is 1. The molecule has 6 rings (SSSR count). The molecule has 0 radical (unpaired) electrons. The number of alkyl halides is 3. The summed E-state index contributed by atoms with van der Waals surface area (Å²) >= 11 is 0. The summed E-state index contributed by atoms with van der Waals surface area (Å²) in [4.78, 5) is 25.7. The highest BCUT2D eigenvalue weighted by Gasteiger charge is 2.34. The van der Waals surface area contributed by atoms with Crippen LogP contribution in [0, 0.1) is 11.7 Å². The van der Waals surface area contributed by atoms with Gasteiger partial charge in [-0.2, -0.15) is 18.3 Å². The Hall–Kier alpha value is -4.49. The fourth-order valence-electron chi connectivity index (χ4n) is 6.15. The van der Waals surface area contributed by atoms with Crippen molar-refractivity contribution in [2.75, 3.05) is 18.0 Å². The van der Waals surface area contributed by atoms with Gasteiger partial charge in [0.05, 0.1) is 34.1 Å². The topological polar surface area (TPSA) is 115 Å². The fraction of sp³-hybridized carbons (Fsp3) is 0.353. The first-order valence-electron chi connectivity index (χ1n) is 15.6. The van der Waals surface area contributed by atoms with Crippen molar-refractivity contribution >= 4 is 35.2 Å². The number of anilines is 1. The zero-order chi connectivity index (χ0) is 33.5. The third-order valence-electron chi connectivity index (χ3n) is 8.67. The molecule has 0 saturated carbocycles. The van der Waals surface area contributed by atoms with E-state index in [4.69, 9.17) is 15.6 Å². The number of nitrogens with two attached hydrogens (primary N) is 1. The minimum atomic E-state index is -4.56. The number of benzene rings is 2. The summed E-state index contributed by atoms with van der Waals surface area (Å²) in [7, 11) is 0. The van der Waals surface area contributed by atoms with Crippen molar-refractivity contribution in [2.24, 2.45) is 11.7 Å². The van der Waals surface area contributed by atoms with Gasteiger partial charge >= 0.3 is 12.1 Å². The number of hydrogen-bond acceptors (Lipinski definition) is 7. The molecular weight excluding hydrogens is 650 g/mol. The first-order chi connectivity index (χ1) is 22.5. The Labute approximate surface area is 280 Å². The van der Waals surface area contributed by atoms with Gasteiger partial charge in [0.2, 0.25) is 5.95 Å². The lowest BCUT2D eigenvalue weighted by atomic mass is 9.96. The summed E-state index contributed by atoms with van der Waals surface area (Å²) in [5.41, 5.74) is 10.2. The maximum absolute atomic E-state index is 16.6. The second-order valence-electron chi connectivity index (χ2n) is 11.7. The Balaban J connectivity index is 0.00000451. The van der Waals surface area contributed by atoms with Gasteiger partial charge in [-0.3, -0.25) is 4.79 Å². The Morgan fingerprint density at radius 1 is 1.12 bits per heavy atom. The summed E-state index contributed by atoms with van der Waals surface area (Å²) < 4.78 is 63.8. The zero-order valence-electron chi connectivity index (χ0n) is 26.7. The average Bonchev–Trinajstić information content (AvgIpc) is 3.69. The van der Waals surface area contributed by atoms with Crippen LogP contribution in [0.3, 0.4) is 0 Å².